The lowest BCUT2D eigenvalue weighted by Crippen LogP contribution is -2.23. The molecule has 0 heterocycles. The van der Waals surface area contributed by atoms with Gasteiger partial charge in [0.2, 0.25) is 0 Å². The van der Waals surface area contributed by atoms with Gasteiger partial charge in [0.15, 0.2) is 0 Å². The molecule has 1 unspecified atom stereocenters. The molecule has 7 heavy (non-hydrogen) atoms. The maximum Gasteiger partial charge on any atom is 0.00700 e. The Kier molecular flexibility index (Phi) is 0.571. The van der Waals surface area contributed by atoms with Crippen LogP contribution in [0.25, 0.3) is 0 Å². The molecule has 0 radical (unpaired) electrons. The summed E-state index contributed by atoms with van der Waals surface area (Å²) < 4.78 is 0. The van der Waals surface area contributed by atoms with Crippen molar-refractivity contribution in [3.63, 3.8) is 0 Å². The van der Waals surface area contributed by atoms with Crippen LogP contribution in [0.4, 0.5) is 0 Å². The summed E-state index contributed by atoms with van der Waals surface area (Å²) in [6, 6.07) is 0.588. The number of fused-ring (bicyclic) bond motifs is 1. The van der Waals surface area contributed by atoms with Gasteiger partial charge in [0.25, 0.3) is 0 Å². The molecule has 3 aliphatic rings. The van der Waals surface area contributed by atoms with E-state index in [1.165, 1.54) is 19.3 Å². The number of nitrogens with two attached hydrogens (primary N) is 1. The Morgan fingerprint density at radius 1 is 1.14 bits per heavy atom. The lowest BCUT2D eigenvalue weighted by molar-refractivity contribution is 0.295. The third kappa shape index (κ3) is 0.367. The Bertz CT molecular complexity index is 84.2. The highest BCUT2D eigenvalue weighted by Gasteiger charge is 2.41. The van der Waals surface area contributed by atoms with Crippen LogP contribution in [0.5, 0.6) is 0 Å². The van der Waals surface area contributed by atoms with Gasteiger partial charge >= 0.3 is 0 Å². The Balaban J connectivity index is 2.13. The van der Waals surface area contributed by atoms with Gasteiger partial charge in [0.05, 0.1) is 0 Å². The van der Waals surface area contributed by atoms with E-state index in [0.29, 0.717) is 6.04 Å². The van der Waals surface area contributed by atoms with Crippen molar-refractivity contribution in [2.75, 3.05) is 0 Å². The van der Waals surface area contributed by atoms with Crippen LogP contribution in [0, 0.1) is 11.8 Å². The molecular weight excluding hydrogens is 86.1 g/mol. The molecule has 0 aliphatic heterocycles. The van der Waals surface area contributed by atoms with Crippen molar-refractivity contribution < 1.29 is 0 Å². The van der Waals surface area contributed by atoms with Gasteiger partial charge in [-0.25, -0.2) is 0 Å². The second-order valence-corrected chi connectivity index (χ2v) is 3.00. The van der Waals surface area contributed by atoms with E-state index in [1.807, 2.05) is 0 Å². The zero-order chi connectivity index (χ0) is 4.85. The summed E-state index contributed by atoms with van der Waals surface area (Å²) in [6.45, 7) is 0. The van der Waals surface area contributed by atoms with E-state index in [1.54, 1.807) is 0 Å². The SMILES string of the molecule is NC1CC2CC1C2. The van der Waals surface area contributed by atoms with E-state index in [2.05, 4.69) is 0 Å². The van der Waals surface area contributed by atoms with Crippen LogP contribution in [0.2, 0.25) is 0 Å². The maximum absolute atomic E-state index is 5.72. The van der Waals surface area contributed by atoms with Crippen LogP contribution in [0.15, 0.2) is 0 Å². The first kappa shape index (κ1) is 3.90. The van der Waals surface area contributed by atoms with Crippen molar-refractivity contribution in [2.45, 2.75) is 25.3 Å². The summed E-state index contributed by atoms with van der Waals surface area (Å²) in [5.74, 6) is 1.98. The van der Waals surface area contributed by atoms with Crippen molar-refractivity contribution in [3.05, 3.63) is 0 Å². The van der Waals surface area contributed by atoms with E-state index in [0.717, 1.165) is 11.8 Å². The van der Waals surface area contributed by atoms with Crippen LogP contribution >= 0.6 is 0 Å². The summed E-state index contributed by atoms with van der Waals surface area (Å²) in [4.78, 5) is 0. The first-order chi connectivity index (χ1) is 3.36. The molecule has 0 amide bonds. The normalized spacial score (nSPS) is 57.0. The van der Waals surface area contributed by atoms with E-state index in [9.17, 15) is 0 Å². The largest absolute Gasteiger partial charge is 0.327 e. The zero-order valence-electron chi connectivity index (χ0n) is 4.43. The Hall–Kier alpha value is -0.0400. The van der Waals surface area contributed by atoms with Crippen molar-refractivity contribution in [1.82, 2.24) is 0 Å². The second kappa shape index (κ2) is 1.03. The molecule has 1 atom stereocenters. The van der Waals surface area contributed by atoms with Gasteiger partial charge < -0.3 is 5.73 Å². The van der Waals surface area contributed by atoms with Crippen LogP contribution in [-0.4, -0.2) is 6.04 Å². The molecule has 3 aliphatic carbocycles. The van der Waals surface area contributed by atoms with Gasteiger partial charge in [-0.2, -0.15) is 0 Å². The predicted molar refractivity (Wildman–Crippen MR) is 28.8 cm³/mol. The average Bonchev–Trinajstić information content (AvgIpc) is 1.85. The smallest absolute Gasteiger partial charge is 0.00700 e. The number of hydrogen-bond acceptors (Lipinski definition) is 1. The van der Waals surface area contributed by atoms with Gasteiger partial charge in [0, 0.05) is 6.04 Å². The van der Waals surface area contributed by atoms with E-state index in [-0.39, 0.29) is 0 Å². The fourth-order valence-electron chi connectivity index (χ4n) is 1.91. The minimum atomic E-state index is 0.588. The maximum atomic E-state index is 5.72. The summed E-state index contributed by atoms with van der Waals surface area (Å²) in [5.41, 5.74) is 5.72. The van der Waals surface area contributed by atoms with E-state index in [4.69, 9.17) is 5.73 Å². The minimum Gasteiger partial charge on any atom is -0.327 e. The Labute approximate surface area is 43.9 Å². The molecule has 0 spiro atoms. The summed E-state index contributed by atoms with van der Waals surface area (Å²) in [6.07, 6.45) is 4.22. The lowest BCUT2D eigenvalue weighted by atomic mass is 9.84. The highest BCUT2D eigenvalue weighted by molar-refractivity contribution is 4.96. The second-order valence-electron chi connectivity index (χ2n) is 3.00. The van der Waals surface area contributed by atoms with Crippen LogP contribution < -0.4 is 5.73 Å². The molecule has 40 valence electrons. The van der Waals surface area contributed by atoms with Gasteiger partial charge in [0.1, 0.15) is 0 Å². The average molecular weight is 97.2 g/mol. The molecule has 3 rings (SSSR count). The minimum absolute atomic E-state index is 0.588. The van der Waals surface area contributed by atoms with Gasteiger partial charge in [-0.05, 0) is 31.1 Å². The molecule has 3 saturated carbocycles. The van der Waals surface area contributed by atoms with E-state index < -0.39 is 0 Å². The van der Waals surface area contributed by atoms with Gasteiger partial charge in [-0.1, -0.05) is 0 Å². The summed E-state index contributed by atoms with van der Waals surface area (Å²) in [7, 11) is 0. The highest BCUT2D eigenvalue weighted by Crippen LogP contribution is 2.47. The van der Waals surface area contributed by atoms with Crippen LogP contribution in [0.1, 0.15) is 19.3 Å². The number of rotatable bonds is 0. The third-order valence-corrected chi connectivity index (χ3v) is 2.48. The predicted octanol–water partition coefficient (Wildman–Crippen LogP) is 0.744. The van der Waals surface area contributed by atoms with Crippen molar-refractivity contribution in [2.24, 2.45) is 17.6 Å². The highest BCUT2D eigenvalue weighted by atomic mass is 14.7. The summed E-state index contributed by atoms with van der Waals surface area (Å²) in [5, 5.41) is 0. The molecule has 0 aromatic rings. The first-order valence-electron chi connectivity index (χ1n) is 3.12. The summed E-state index contributed by atoms with van der Waals surface area (Å²) >= 11 is 0. The van der Waals surface area contributed by atoms with E-state index >= 15 is 0 Å². The fraction of sp³-hybridized carbons (Fsp3) is 1.00. The third-order valence-electron chi connectivity index (χ3n) is 2.48. The zero-order valence-corrected chi connectivity index (χ0v) is 4.43. The number of hydrogen-bond donors (Lipinski definition) is 1. The molecular formula is C6H11N. The molecule has 0 aromatic carbocycles. The fourth-order valence-corrected chi connectivity index (χ4v) is 1.91. The van der Waals surface area contributed by atoms with Gasteiger partial charge in [-0.3, -0.25) is 0 Å². The molecule has 0 aromatic heterocycles. The molecule has 1 heteroatoms. The van der Waals surface area contributed by atoms with Crippen molar-refractivity contribution in [3.8, 4) is 0 Å². The monoisotopic (exact) mass is 97.1 g/mol. The molecule has 3 fully saturated rings. The Morgan fingerprint density at radius 2 is 1.86 bits per heavy atom. The topological polar surface area (TPSA) is 26.0 Å². The first-order valence-corrected chi connectivity index (χ1v) is 3.12. The quantitative estimate of drug-likeness (QED) is 0.474. The van der Waals surface area contributed by atoms with Crippen LogP contribution in [-0.2, 0) is 0 Å². The molecule has 0 saturated heterocycles. The standard InChI is InChI=1S/C6H11N/c7-6-3-4-1-5(6)2-4/h4-6H,1-3,7H2. The van der Waals surface area contributed by atoms with Gasteiger partial charge in [-0.15, -0.1) is 0 Å². The van der Waals surface area contributed by atoms with Crippen molar-refractivity contribution >= 4 is 0 Å². The Morgan fingerprint density at radius 3 is 2.00 bits per heavy atom. The molecule has 1 nitrogen and oxygen atoms in total. The lowest BCUT2D eigenvalue weighted by Gasteiger charge is -2.22. The molecule has 2 N–H and O–H groups in total. The van der Waals surface area contributed by atoms with Crippen LogP contribution in [0.3, 0.4) is 0 Å². The van der Waals surface area contributed by atoms with Crippen molar-refractivity contribution in [1.29, 1.82) is 0 Å². The molecule has 2 bridgehead atoms.